The first-order valence-electron chi connectivity index (χ1n) is 8.04. The predicted octanol–water partition coefficient (Wildman–Crippen LogP) is 2.53. The zero-order valence-electron chi connectivity index (χ0n) is 13.4. The number of imidazole rings is 2. The normalized spacial score (nSPS) is 17.2. The summed E-state index contributed by atoms with van der Waals surface area (Å²) >= 11 is 0. The van der Waals surface area contributed by atoms with Crippen LogP contribution < -0.4 is 4.90 Å². The van der Waals surface area contributed by atoms with Gasteiger partial charge in [0.05, 0.1) is 17.7 Å². The Labute approximate surface area is 145 Å². The number of anilines is 1. The van der Waals surface area contributed by atoms with Crippen molar-refractivity contribution < 1.29 is 13.2 Å². The lowest BCUT2D eigenvalue weighted by Crippen LogP contribution is -2.36. The molecule has 1 aliphatic heterocycles. The maximum Gasteiger partial charge on any atom is 0.319 e. The standard InChI is InChI=1S/C16H13F2N7O/c17-14(18)15-22-23-16(26-15)25-6-4-9-12(20-8-19-9)13(25)10-7-24-5-2-1-3-11(24)21-10/h1-3,5,7-8,13-14H,4,6H2,(H,19,20)/t13-/m1/s1. The monoisotopic (exact) mass is 357 g/mol. The molecule has 0 spiro atoms. The molecule has 0 aliphatic carbocycles. The third-order valence-corrected chi connectivity index (χ3v) is 4.45. The molecule has 0 amide bonds. The average Bonchev–Trinajstić information content (AvgIpc) is 3.37. The molecule has 0 radical (unpaired) electrons. The second-order valence-electron chi connectivity index (χ2n) is 5.97. The minimum absolute atomic E-state index is 0.0380. The highest BCUT2D eigenvalue weighted by atomic mass is 19.3. The Balaban J connectivity index is 1.63. The van der Waals surface area contributed by atoms with E-state index in [4.69, 9.17) is 4.42 Å². The van der Waals surface area contributed by atoms with Gasteiger partial charge in [-0.05, 0) is 12.1 Å². The molecule has 1 atom stereocenters. The summed E-state index contributed by atoms with van der Waals surface area (Å²) in [6, 6.07) is 5.33. The molecule has 5 rings (SSSR count). The topological polar surface area (TPSA) is 88.1 Å². The fourth-order valence-corrected chi connectivity index (χ4v) is 3.30. The van der Waals surface area contributed by atoms with E-state index in [-0.39, 0.29) is 6.01 Å². The Hall–Kier alpha value is -3.30. The number of nitrogens with one attached hydrogen (secondary N) is 1. The van der Waals surface area contributed by atoms with Crippen LogP contribution in [-0.4, -0.2) is 36.1 Å². The summed E-state index contributed by atoms with van der Waals surface area (Å²) in [7, 11) is 0. The van der Waals surface area contributed by atoms with Gasteiger partial charge in [0, 0.05) is 31.1 Å². The summed E-state index contributed by atoms with van der Waals surface area (Å²) in [6.45, 7) is 0.513. The zero-order valence-corrected chi connectivity index (χ0v) is 13.4. The molecule has 0 unspecified atom stereocenters. The first-order chi connectivity index (χ1) is 12.7. The number of H-pyrrole nitrogens is 1. The number of alkyl halides is 2. The van der Waals surface area contributed by atoms with E-state index in [1.807, 2.05) is 35.0 Å². The molecular weight excluding hydrogens is 344 g/mol. The summed E-state index contributed by atoms with van der Waals surface area (Å²) in [5, 5.41) is 7.25. The molecule has 0 fully saturated rings. The van der Waals surface area contributed by atoms with Crippen LogP contribution in [0.5, 0.6) is 0 Å². The smallest absolute Gasteiger partial charge is 0.319 e. The molecule has 1 aliphatic rings. The van der Waals surface area contributed by atoms with Crippen molar-refractivity contribution >= 4 is 11.7 Å². The van der Waals surface area contributed by atoms with E-state index in [1.54, 1.807) is 11.2 Å². The Morgan fingerprint density at radius 1 is 1.27 bits per heavy atom. The van der Waals surface area contributed by atoms with Crippen LogP contribution in [0.2, 0.25) is 0 Å². The maximum absolute atomic E-state index is 12.8. The Kier molecular flexibility index (Phi) is 3.24. The molecule has 8 nitrogen and oxygen atoms in total. The lowest BCUT2D eigenvalue weighted by Gasteiger charge is -2.32. The first kappa shape index (κ1) is 15.0. The van der Waals surface area contributed by atoms with Crippen LogP contribution >= 0.6 is 0 Å². The van der Waals surface area contributed by atoms with E-state index in [2.05, 4.69) is 25.1 Å². The van der Waals surface area contributed by atoms with E-state index in [9.17, 15) is 8.78 Å². The van der Waals surface area contributed by atoms with Crippen molar-refractivity contribution in [2.45, 2.75) is 18.9 Å². The van der Waals surface area contributed by atoms with Crippen LogP contribution in [0.3, 0.4) is 0 Å². The summed E-state index contributed by atoms with van der Waals surface area (Å²) in [5.41, 5.74) is 3.26. The number of pyridine rings is 1. The van der Waals surface area contributed by atoms with Gasteiger partial charge in [-0.3, -0.25) is 0 Å². The number of hydrogen-bond acceptors (Lipinski definition) is 6. The van der Waals surface area contributed by atoms with Gasteiger partial charge < -0.3 is 18.7 Å². The van der Waals surface area contributed by atoms with Gasteiger partial charge in [-0.25, -0.2) is 9.97 Å². The van der Waals surface area contributed by atoms with Crippen LogP contribution in [0, 0.1) is 0 Å². The van der Waals surface area contributed by atoms with Crippen molar-refractivity contribution in [2.75, 3.05) is 11.4 Å². The van der Waals surface area contributed by atoms with Crippen LogP contribution in [0.1, 0.15) is 35.4 Å². The fraction of sp³-hybridized carbons (Fsp3) is 0.250. The molecule has 0 aromatic carbocycles. The van der Waals surface area contributed by atoms with Gasteiger partial charge in [0.2, 0.25) is 0 Å². The summed E-state index contributed by atoms with van der Waals surface area (Å²) in [4.78, 5) is 14.0. The van der Waals surface area contributed by atoms with Gasteiger partial charge in [0.1, 0.15) is 11.7 Å². The van der Waals surface area contributed by atoms with Gasteiger partial charge in [-0.15, -0.1) is 5.10 Å². The number of aromatic nitrogens is 6. The molecule has 132 valence electrons. The summed E-state index contributed by atoms with van der Waals surface area (Å²) < 4.78 is 32.8. The molecule has 5 heterocycles. The second kappa shape index (κ2) is 5.61. The number of rotatable bonds is 3. The minimum atomic E-state index is -2.81. The molecule has 0 bridgehead atoms. The van der Waals surface area contributed by atoms with Crippen LogP contribution in [0.4, 0.5) is 14.8 Å². The quantitative estimate of drug-likeness (QED) is 0.606. The molecule has 10 heteroatoms. The van der Waals surface area contributed by atoms with Crippen LogP contribution in [0.25, 0.3) is 5.65 Å². The highest BCUT2D eigenvalue weighted by Crippen LogP contribution is 2.36. The number of aromatic amines is 1. The van der Waals surface area contributed by atoms with E-state index in [0.29, 0.717) is 13.0 Å². The van der Waals surface area contributed by atoms with Gasteiger partial charge in [-0.2, -0.15) is 8.78 Å². The van der Waals surface area contributed by atoms with Crippen LogP contribution in [-0.2, 0) is 6.42 Å². The van der Waals surface area contributed by atoms with Crippen molar-refractivity contribution in [1.29, 1.82) is 0 Å². The van der Waals surface area contributed by atoms with E-state index >= 15 is 0 Å². The third-order valence-electron chi connectivity index (χ3n) is 4.45. The summed E-state index contributed by atoms with van der Waals surface area (Å²) in [6.07, 6.45) is 3.25. The lowest BCUT2D eigenvalue weighted by molar-refractivity contribution is 0.115. The first-order valence-corrected chi connectivity index (χ1v) is 8.04. The molecule has 1 N–H and O–H groups in total. The van der Waals surface area contributed by atoms with Gasteiger partial charge in [0.15, 0.2) is 0 Å². The second-order valence-corrected chi connectivity index (χ2v) is 5.97. The highest BCUT2D eigenvalue weighted by molar-refractivity contribution is 5.47. The molecule has 0 saturated carbocycles. The van der Waals surface area contributed by atoms with Crippen molar-refractivity contribution in [3.8, 4) is 0 Å². The average molecular weight is 357 g/mol. The van der Waals surface area contributed by atoms with Crippen molar-refractivity contribution in [2.24, 2.45) is 0 Å². The Morgan fingerprint density at radius 2 is 2.19 bits per heavy atom. The molecule has 26 heavy (non-hydrogen) atoms. The van der Waals surface area contributed by atoms with Crippen molar-refractivity contribution in [3.05, 3.63) is 59.9 Å². The van der Waals surface area contributed by atoms with Gasteiger partial charge in [0.25, 0.3) is 5.89 Å². The van der Waals surface area contributed by atoms with E-state index in [0.717, 1.165) is 22.7 Å². The summed E-state index contributed by atoms with van der Waals surface area (Å²) in [5.74, 6) is -0.693. The zero-order chi connectivity index (χ0) is 17.7. The largest absolute Gasteiger partial charge is 0.402 e. The lowest BCUT2D eigenvalue weighted by atomic mass is 10.0. The fourth-order valence-electron chi connectivity index (χ4n) is 3.30. The molecule has 4 aromatic heterocycles. The van der Waals surface area contributed by atoms with E-state index < -0.39 is 18.4 Å². The van der Waals surface area contributed by atoms with Gasteiger partial charge in [-0.1, -0.05) is 11.2 Å². The number of hydrogen-bond donors (Lipinski definition) is 1. The molecule has 0 saturated heterocycles. The number of fused-ring (bicyclic) bond motifs is 2. The number of halogens is 2. The highest BCUT2D eigenvalue weighted by Gasteiger charge is 2.36. The number of nitrogens with zero attached hydrogens (tertiary/aromatic N) is 6. The molecular formula is C16H13F2N7O. The van der Waals surface area contributed by atoms with Gasteiger partial charge >= 0.3 is 12.4 Å². The maximum atomic E-state index is 12.8. The SMILES string of the molecule is FC(F)c1nnc(N2CCc3[nH]cnc3[C@H]2c2cn3ccccc3n2)o1. The van der Waals surface area contributed by atoms with E-state index in [1.165, 1.54) is 0 Å². The van der Waals surface area contributed by atoms with Crippen molar-refractivity contribution in [1.82, 2.24) is 29.5 Å². The van der Waals surface area contributed by atoms with Crippen molar-refractivity contribution in [3.63, 3.8) is 0 Å². The molecule has 4 aromatic rings. The Bertz CT molecular complexity index is 1040. The van der Waals surface area contributed by atoms with Crippen LogP contribution in [0.15, 0.2) is 41.3 Å². The predicted molar refractivity (Wildman–Crippen MR) is 85.9 cm³/mol. The Morgan fingerprint density at radius 3 is 3.00 bits per heavy atom. The minimum Gasteiger partial charge on any atom is -0.402 e. The third kappa shape index (κ3) is 2.25.